The maximum absolute atomic E-state index is 11.8. The average Bonchev–Trinajstić information content (AvgIpc) is 3.51. The molecular formula is C46H42N4O6S2. The maximum atomic E-state index is 11.8. The zero-order valence-electron chi connectivity index (χ0n) is 33.0. The molecule has 2 unspecified atom stereocenters. The average molecular weight is 811 g/mol. The zero-order valence-corrected chi connectivity index (χ0v) is 34.6. The number of non-ortho nitro benzene ring substituents is 2. The smallest absolute Gasteiger partial charge is 0.271 e. The van der Waals surface area contributed by atoms with Crippen LogP contribution in [0, 0.1) is 20.2 Å². The minimum atomic E-state index is -0.906. The summed E-state index contributed by atoms with van der Waals surface area (Å²) < 4.78 is 14.3. The van der Waals surface area contributed by atoms with Crippen molar-refractivity contribution in [3.63, 3.8) is 0 Å². The van der Waals surface area contributed by atoms with Crippen LogP contribution in [0.4, 0.5) is 22.7 Å². The lowest BCUT2D eigenvalue weighted by Gasteiger charge is -2.47. The van der Waals surface area contributed by atoms with E-state index in [9.17, 15) is 20.2 Å². The van der Waals surface area contributed by atoms with Crippen LogP contribution in [0.3, 0.4) is 0 Å². The van der Waals surface area contributed by atoms with Gasteiger partial charge in [0.15, 0.2) is 0 Å². The highest BCUT2D eigenvalue weighted by atomic mass is 32.2. The molecule has 2 spiro atoms. The molecule has 4 aliphatic rings. The van der Waals surface area contributed by atoms with E-state index >= 15 is 0 Å². The van der Waals surface area contributed by atoms with Crippen molar-refractivity contribution in [2.75, 3.05) is 22.3 Å². The molecule has 0 aliphatic carbocycles. The van der Waals surface area contributed by atoms with Crippen molar-refractivity contribution in [1.29, 1.82) is 0 Å². The van der Waals surface area contributed by atoms with Gasteiger partial charge in [0, 0.05) is 59.9 Å². The number of rotatable bonds is 8. The third kappa shape index (κ3) is 5.41. The van der Waals surface area contributed by atoms with Gasteiger partial charge in [-0.05, 0) is 98.9 Å². The van der Waals surface area contributed by atoms with E-state index in [1.165, 1.54) is 23.5 Å². The molecule has 12 heteroatoms. The molecule has 0 aromatic heterocycles. The molecule has 10 nitrogen and oxygen atoms in total. The second-order valence-corrected chi connectivity index (χ2v) is 17.9. The van der Waals surface area contributed by atoms with Crippen LogP contribution in [-0.2, 0) is 23.9 Å². The molecule has 9 rings (SSSR count). The number of benzene rings is 5. The summed E-state index contributed by atoms with van der Waals surface area (Å²) in [6.45, 7) is 9.90. The van der Waals surface area contributed by atoms with E-state index < -0.39 is 22.3 Å². The molecule has 5 aromatic carbocycles. The number of ether oxygens (including phenoxy) is 2. The van der Waals surface area contributed by atoms with Crippen molar-refractivity contribution in [2.45, 2.75) is 72.9 Å². The predicted molar refractivity (Wildman–Crippen MR) is 232 cm³/mol. The van der Waals surface area contributed by atoms with E-state index in [-0.39, 0.29) is 21.2 Å². The van der Waals surface area contributed by atoms with Crippen molar-refractivity contribution in [2.24, 2.45) is 0 Å². The van der Waals surface area contributed by atoms with Crippen LogP contribution >= 0.6 is 23.5 Å². The molecule has 0 saturated carbocycles. The summed E-state index contributed by atoms with van der Waals surface area (Å²) in [6.07, 6.45) is 11.9. The van der Waals surface area contributed by atoms with Gasteiger partial charge in [-0.3, -0.25) is 20.2 Å². The lowest BCUT2D eigenvalue weighted by Crippen LogP contribution is -2.59. The van der Waals surface area contributed by atoms with E-state index in [1.807, 2.05) is 24.7 Å². The lowest BCUT2D eigenvalue weighted by atomic mass is 9.76. The number of anilines is 2. The molecule has 0 fully saturated rings. The summed E-state index contributed by atoms with van der Waals surface area (Å²) in [5.41, 5.74) is 5.35. The fraction of sp³-hybridized carbons (Fsp3) is 0.261. The lowest BCUT2D eigenvalue weighted by molar-refractivity contribution is -0.385. The summed E-state index contributed by atoms with van der Waals surface area (Å²) in [4.78, 5) is 28.9. The molecule has 2 atom stereocenters. The Kier molecular flexibility index (Phi) is 8.76. The number of hydrogen-bond donors (Lipinski definition) is 0. The van der Waals surface area contributed by atoms with Gasteiger partial charge in [0.05, 0.1) is 30.5 Å². The summed E-state index contributed by atoms with van der Waals surface area (Å²) in [6, 6.07) is 31.9. The Bertz CT molecular complexity index is 2430. The molecule has 4 heterocycles. The fourth-order valence-electron chi connectivity index (χ4n) is 9.36. The third-order valence-electron chi connectivity index (χ3n) is 12.5. The van der Waals surface area contributed by atoms with Gasteiger partial charge in [0.1, 0.15) is 11.5 Å². The zero-order chi connectivity index (χ0) is 40.8. The van der Waals surface area contributed by atoms with Gasteiger partial charge >= 0.3 is 0 Å². The van der Waals surface area contributed by atoms with Crippen LogP contribution in [0.1, 0.15) is 61.1 Å². The number of nitrogens with zero attached hydrogens (tertiary/aromatic N) is 4. The SMILES string of the molecule is CSc1cc([N+](=O)[O-])cc2c1OC1(C=C2)N(Cc2ccc(CN3c4ccccc4C(C)(C)C34C=Cc3cc([N+](=O)[O-])cc(SC)c3O4)cc2)c2ccccc2C1(C)C. The Labute approximate surface area is 345 Å². The number of hydrogen-bond acceptors (Lipinski definition) is 10. The molecule has 0 saturated heterocycles. The first kappa shape index (κ1) is 37.8. The number of thioether (sulfide) groups is 2. The normalized spacial score (nSPS) is 21.3. The van der Waals surface area contributed by atoms with Crippen LogP contribution in [0.15, 0.2) is 119 Å². The van der Waals surface area contributed by atoms with Crippen LogP contribution < -0.4 is 19.3 Å². The highest BCUT2D eigenvalue weighted by Gasteiger charge is 2.60. The number of para-hydroxylation sites is 2. The van der Waals surface area contributed by atoms with Crippen LogP contribution in [0.2, 0.25) is 0 Å². The second-order valence-electron chi connectivity index (χ2n) is 16.2. The molecule has 5 aromatic rings. The summed E-state index contributed by atoms with van der Waals surface area (Å²) in [7, 11) is 0. The fourth-order valence-corrected chi connectivity index (χ4v) is 10.5. The van der Waals surface area contributed by atoms with Gasteiger partial charge in [0.2, 0.25) is 11.4 Å². The topological polar surface area (TPSA) is 111 Å². The monoisotopic (exact) mass is 810 g/mol. The van der Waals surface area contributed by atoms with E-state index in [2.05, 4.69) is 122 Å². The van der Waals surface area contributed by atoms with Gasteiger partial charge < -0.3 is 19.3 Å². The van der Waals surface area contributed by atoms with Crippen molar-refractivity contribution in [3.05, 3.63) is 163 Å². The largest absolute Gasteiger partial charge is 0.462 e. The Morgan fingerprint density at radius 2 is 0.966 bits per heavy atom. The van der Waals surface area contributed by atoms with Crippen molar-refractivity contribution < 1.29 is 19.3 Å². The highest BCUT2D eigenvalue weighted by molar-refractivity contribution is 7.99. The van der Waals surface area contributed by atoms with Gasteiger partial charge in [-0.1, -0.05) is 60.7 Å². The van der Waals surface area contributed by atoms with Crippen LogP contribution in [-0.4, -0.2) is 33.8 Å². The quantitative estimate of drug-likeness (QED) is 0.0853. The molecule has 0 N–H and O–H groups in total. The van der Waals surface area contributed by atoms with Crippen LogP contribution in [0.5, 0.6) is 11.5 Å². The minimum absolute atomic E-state index is 0.0389. The summed E-state index contributed by atoms with van der Waals surface area (Å²) in [5.74, 6) is 1.29. The number of nitro benzene ring substituents is 2. The molecular weight excluding hydrogens is 769 g/mol. The van der Waals surface area contributed by atoms with E-state index in [4.69, 9.17) is 9.47 Å². The first-order chi connectivity index (χ1) is 27.7. The Morgan fingerprint density at radius 1 is 0.586 bits per heavy atom. The van der Waals surface area contributed by atoms with Crippen LogP contribution in [0.25, 0.3) is 12.2 Å². The highest BCUT2D eigenvalue weighted by Crippen LogP contribution is 2.58. The Morgan fingerprint density at radius 3 is 1.33 bits per heavy atom. The summed E-state index contributed by atoms with van der Waals surface area (Å²) >= 11 is 2.88. The van der Waals surface area contributed by atoms with Gasteiger partial charge in [0.25, 0.3) is 11.4 Å². The number of nitro groups is 2. The molecule has 0 bridgehead atoms. The van der Waals surface area contributed by atoms with E-state index in [1.54, 1.807) is 24.3 Å². The Hall–Kier alpha value is -5.72. The number of fused-ring (bicyclic) bond motifs is 4. The Balaban J connectivity index is 1.06. The van der Waals surface area contributed by atoms with Crippen molar-refractivity contribution >= 4 is 58.4 Å². The molecule has 4 aliphatic heterocycles. The van der Waals surface area contributed by atoms with E-state index in [0.717, 1.165) is 43.4 Å². The first-order valence-electron chi connectivity index (χ1n) is 19.1. The molecule has 294 valence electrons. The third-order valence-corrected chi connectivity index (χ3v) is 14.0. The maximum Gasteiger partial charge on any atom is 0.271 e. The minimum Gasteiger partial charge on any atom is -0.462 e. The van der Waals surface area contributed by atoms with Gasteiger partial charge in [-0.2, -0.15) is 0 Å². The molecule has 0 radical (unpaired) electrons. The van der Waals surface area contributed by atoms with E-state index in [0.29, 0.717) is 35.7 Å². The molecule has 0 amide bonds. The van der Waals surface area contributed by atoms with Crippen molar-refractivity contribution in [3.8, 4) is 11.5 Å². The summed E-state index contributed by atoms with van der Waals surface area (Å²) in [5, 5.41) is 23.6. The standard InChI is InChI=1S/C46H42N4O6S2/c1-43(2)35-11-7-9-13-37(35)47(45(43)21-19-31-23-33(49(51)52)25-39(57-5)41(31)55-45)27-29-15-17-30(18-16-29)28-48-38-14-10-8-12-36(38)44(3,4)46(48)22-20-32-24-34(50(53)54)26-40(58-6)42(32)56-46/h7-26H,27-28H2,1-6H3. The van der Waals surface area contributed by atoms with Gasteiger partial charge in [-0.15, -0.1) is 23.5 Å². The van der Waals surface area contributed by atoms with Crippen molar-refractivity contribution in [1.82, 2.24) is 0 Å². The van der Waals surface area contributed by atoms with Gasteiger partial charge in [-0.25, -0.2) is 0 Å². The molecule has 58 heavy (non-hydrogen) atoms. The second kappa shape index (κ2) is 13.4. The first-order valence-corrected chi connectivity index (χ1v) is 21.5. The predicted octanol–water partition coefficient (Wildman–Crippen LogP) is 11.1.